The third-order valence-electron chi connectivity index (χ3n) is 3.18. The van der Waals surface area contributed by atoms with Gasteiger partial charge in [-0.1, -0.05) is 37.9 Å². The van der Waals surface area contributed by atoms with Gasteiger partial charge in [-0.15, -0.1) is 0 Å². The molecule has 1 aromatic rings. The SMILES string of the molecule is BrCC1(COc2cccc(Br)c2)CCOCC1. The Labute approximate surface area is 119 Å². The molecule has 0 radical (unpaired) electrons. The minimum absolute atomic E-state index is 0.223. The van der Waals surface area contributed by atoms with Gasteiger partial charge in [0.15, 0.2) is 0 Å². The molecule has 0 unspecified atom stereocenters. The molecule has 2 nitrogen and oxygen atoms in total. The number of rotatable bonds is 4. The molecule has 1 fully saturated rings. The number of alkyl halides is 1. The lowest BCUT2D eigenvalue weighted by Crippen LogP contribution is -2.36. The highest BCUT2D eigenvalue weighted by Crippen LogP contribution is 2.33. The lowest BCUT2D eigenvalue weighted by molar-refractivity contribution is 0.00354. The molecule has 2 rings (SSSR count). The molecule has 0 aromatic heterocycles. The predicted octanol–water partition coefficient (Wildman–Crippen LogP) is 4.02. The fourth-order valence-corrected chi connectivity index (χ4v) is 3.02. The molecule has 17 heavy (non-hydrogen) atoms. The van der Waals surface area contributed by atoms with Gasteiger partial charge in [0.05, 0.1) is 6.61 Å². The maximum absolute atomic E-state index is 5.90. The standard InChI is InChI=1S/C13H16Br2O2/c14-9-13(4-6-16-7-5-13)10-17-12-3-1-2-11(15)8-12/h1-3,8H,4-7,9-10H2. The Morgan fingerprint density at radius 3 is 2.71 bits per heavy atom. The van der Waals surface area contributed by atoms with Gasteiger partial charge in [0, 0.05) is 28.4 Å². The van der Waals surface area contributed by atoms with E-state index >= 15 is 0 Å². The number of halogens is 2. The van der Waals surface area contributed by atoms with Crippen molar-refractivity contribution in [2.75, 3.05) is 25.2 Å². The van der Waals surface area contributed by atoms with Gasteiger partial charge >= 0.3 is 0 Å². The summed E-state index contributed by atoms with van der Waals surface area (Å²) in [6.45, 7) is 2.43. The van der Waals surface area contributed by atoms with Gasteiger partial charge in [-0.3, -0.25) is 0 Å². The van der Waals surface area contributed by atoms with Gasteiger partial charge in [-0.2, -0.15) is 0 Å². The quantitative estimate of drug-likeness (QED) is 0.752. The molecule has 0 bridgehead atoms. The van der Waals surface area contributed by atoms with Crippen LogP contribution in [0.5, 0.6) is 5.75 Å². The van der Waals surface area contributed by atoms with Gasteiger partial charge in [0.25, 0.3) is 0 Å². The minimum atomic E-state index is 0.223. The van der Waals surface area contributed by atoms with E-state index in [1.54, 1.807) is 0 Å². The Morgan fingerprint density at radius 2 is 2.06 bits per heavy atom. The first-order valence-corrected chi connectivity index (χ1v) is 7.68. The third-order valence-corrected chi connectivity index (χ3v) is 4.86. The summed E-state index contributed by atoms with van der Waals surface area (Å²) in [5, 5.41) is 0.970. The monoisotopic (exact) mass is 362 g/mol. The van der Waals surface area contributed by atoms with Gasteiger partial charge < -0.3 is 9.47 Å². The normalized spacial score (nSPS) is 18.9. The summed E-state index contributed by atoms with van der Waals surface area (Å²) in [5.41, 5.74) is 0.223. The summed E-state index contributed by atoms with van der Waals surface area (Å²) in [4.78, 5) is 0. The maximum Gasteiger partial charge on any atom is 0.120 e. The van der Waals surface area contributed by atoms with Crippen LogP contribution in [0.3, 0.4) is 0 Å². The molecule has 4 heteroatoms. The van der Waals surface area contributed by atoms with Crippen LogP contribution in [0.2, 0.25) is 0 Å². The van der Waals surface area contributed by atoms with Crippen molar-refractivity contribution in [3.8, 4) is 5.75 Å². The molecule has 0 aliphatic carbocycles. The molecular weight excluding hydrogens is 348 g/mol. The number of hydrogen-bond donors (Lipinski definition) is 0. The summed E-state index contributed by atoms with van der Waals surface area (Å²) in [6.07, 6.45) is 2.12. The van der Waals surface area contributed by atoms with Gasteiger partial charge in [0.1, 0.15) is 5.75 Å². The second kappa shape index (κ2) is 6.21. The zero-order valence-electron chi connectivity index (χ0n) is 9.62. The Kier molecular flexibility index (Phi) is 4.88. The molecule has 0 amide bonds. The van der Waals surface area contributed by atoms with Crippen molar-refractivity contribution < 1.29 is 9.47 Å². The van der Waals surface area contributed by atoms with Crippen molar-refractivity contribution in [1.82, 2.24) is 0 Å². The fourth-order valence-electron chi connectivity index (χ4n) is 1.91. The zero-order valence-corrected chi connectivity index (χ0v) is 12.8. The second-order valence-corrected chi connectivity index (χ2v) is 5.97. The maximum atomic E-state index is 5.90. The van der Waals surface area contributed by atoms with Gasteiger partial charge in [0.2, 0.25) is 0 Å². The molecule has 1 aromatic carbocycles. The van der Waals surface area contributed by atoms with Gasteiger partial charge in [-0.25, -0.2) is 0 Å². The van der Waals surface area contributed by atoms with Crippen LogP contribution in [0.25, 0.3) is 0 Å². The van der Waals surface area contributed by atoms with Crippen molar-refractivity contribution in [2.24, 2.45) is 5.41 Å². The van der Waals surface area contributed by atoms with E-state index < -0.39 is 0 Å². The molecule has 0 saturated carbocycles. The largest absolute Gasteiger partial charge is 0.493 e. The average molecular weight is 364 g/mol. The molecule has 1 saturated heterocycles. The summed E-state index contributed by atoms with van der Waals surface area (Å²) in [6, 6.07) is 7.99. The van der Waals surface area contributed by atoms with E-state index in [9.17, 15) is 0 Å². The topological polar surface area (TPSA) is 18.5 Å². The molecule has 94 valence electrons. The highest BCUT2D eigenvalue weighted by Gasteiger charge is 2.32. The van der Waals surface area contributed by atoms with Crippen molar-refractivity contribution in [2.45, 2.75) is 12.8 Å². The smallest absolute Gasteiger partial charge is 0.120 e. The highest BCUT2D eigenvalue weighted by molar-refractivity contribution is 9.10. The molecule has 0 N–H and O–H groups in total. The third kappa shape index (κ3) is 3.70. The Hall–Kier alpha value is -0.0600. The lowest BCUT2D eigenvalue weighted by atomic mass is 9.83. The number of hydrogen-bond acceptors (Lipinski definition) is 2. The molecular formula is C13H16Br2O2. The van der Waals surface area contributed by atoms with E-state index in [4.69, 9.17) is 9.47 Å². The van der Waals surface area contributed by atoms with E-state index in [-0.39, 0.29) is 5.41 Å². The van der Waals surface area contributed by atoms with E-state index in [1.807, 2.05) is 24.3 Å². The Morgan fingerprint density at radius 1 is 1.29 bits per heavy atom. The molecule has 1 aliphatic rings. The van der Waals surface area contributed by atoms with Crippen LogP contribution < -0.4 is 4.74 Å². The Balaban J connectivity index is 1.95. The van der Waals surface area contributed by atoms with E-state index in [0.717, 1.165) is 48.2 Å². The van der Waals surface area contributed by atoms with Crippen molar-refractivity contribution in [3.63, 3.8) is 0 Å². The molecule has 0 atom stereocenters. The van der Waals surface area contributed by atoms with Crippen LogP contribution in [0.1, 0.15) is 12.8 Å². The second-order valence-electron chi connectivity index (χ2n) is 4.49. The van der Waals surface area contributed by atoms with Crippen LogP contribution >= 0.6 is 31.9 Å². The summed E-state index contributed by atoms with van der Waals surface area (Å²) >= 11 is 7.06. The number of ether oxygens (including phenoxy) is 2. The fraction of sp³-hybridized carbons (Fsp3) is 0.538. The van der Waals surface area contributed by atoms with Crippen LogP contribution in [-0.2, 0) is 4.74 Å². The zero-order chi connectivity index (χ0) is 12.1. The number of benzene rings is 1. The average Bonchev–Trinajstić information content (AvgIpc) is 2.38. The first-order chi connectivity index (χ1) is 8.24. The highest BCUT2D eigenvalue weighted by atomic mass is 79.9. The van der Waals surface area contributed by atoms with Crippen molar-refractivity contribution in [3.05, 3.63) is 28.7 Å². The van der Waals surface area contributed by atoms with Crippen LogP contribution in [0, 0.1) is 5.41 Å². The summed E-state index contributed by atoms with van der Waals surface area (Å²) in [7, 11) is 0. The van der Waals surface area contributed by atoms with Crippen LogP contribution in [0.15, 0.2) is 28.7 Å². The first-order valence-electron chi connectivity index (χ1n) is 5.76. The molecule has 0 spiro atoms. The van der Waals surface area contributed by atoms with E-state index in [2.05, 4.69) is 31.9 Å². The van der Waals surface area contributed by atoms with Crippen molar-refractivity contribution >= 4 is 31.9 Å². The summed E-state index contributed by atoms with van der Waals surface area (Å²) in [5.74, 6) is 0.922. The Bertz CT molecular complexity index is 362. The van der Waals surface area contributed by atoms with Crippen LogP contribution in [-0.4, -0.2) is 25.2 Å². The molecule has 1 heterocycles. The van der Waals surface area contributed by atoms with Crippen LogP contribution in [0.4, 0.5) is 0 Å². The van der Waals surface area contributed by atoms with E-state index in [1.165, 1.54) is 0 Å². The minimum Gasteiger partial charge on any atom is -0.493 e. The van der Waals surface area contributed by atoms with Crippen molar-refractivity contribution in [1.29, 1.82) is 0 Å². The van der Waals surface area contributed by atoms with Gasteiger partial charge in [-0.05, 0) is 31.0 Å². The predicted molar refractivity (Wildman–Crippen MR) is 75.9 cm³/mol. The lowest BCUT2D eigenvalue weighted by Gasteiger charge is -2.35. The summed E-state index contributed by atoms with van der Waals surface area (Å²) < 4.78 is 12.4. The van der Waals surface area contributed by atoms with E-state index in [0.29, 0.717) is 0 Å². The molecule has 1 aliphatic heterocycles. The first kappa shape index (κ1) is 13.4.